The van der Waals surface area contributed by atoms with Crippen molar-refractivity contribution in [1.29, 1.82) is 0 Å². The fraction of sp³-hybridized carbons (Fsp3) is 1.00. The lowest BCUT2D eigenvalue weighted by atomic mass is 10.4. The minimum atomic E-state index is -0.0263. The molecule has 56 valence electrons. The molecule has 3 N–H and O–H groups in total. The van der Waals surface area contributed by atoms with Gasteiger partial charge in [0.05, 0.1) is 6.61 Å². The van der Waals surface area contributed by atoms with Crippen LogP contribution in [0.25, 0.3) is 0 Å². The Hall–Kier alpha value is 0.270. The van der Waals surface area contributed by atoms with Crippen LogP contribution < -0.4 is 5.73 Å². The third kappa shape index (κ3) is 6.15. The molecule has 0 aromatic rings. The summed E-state index contributed by atoms with van der Waals surface area (Å²) in [5.41, 5.74) is 5.44. The van der Waals surface area contributed by atoms with Gasteiger partial charge in [-0.2, -0.15) is 11.8 Å². The van der Waals surface area contributed by atoms with Crippen LogP contribution in [0.5, 0.6) is 0 Å². The molecule has 0 fully saturated rings. The lowest BCUT2D eigenvalue weighted by molar-refractivity contribution is 0.275. The fourth-order valence-corrected chi connectivity index (χ4v) is 1.30. The van der Waals surface area contributed by atoms with E-state index in [0.29, 0.717) is 0 Å². The maximum absolute atomic E-state index is 8.50. The van der Waals surface area contributed by atoms with Crippen LogP contribution in [0.15, 0.2) is 0 Å². The van der Waals surface area contributed by atoms with Crippen LogP contribution in [-0.2, 0) is 0 Å². The zero-order valence-corrected chi connectivity index (χ0v) is 6.66. The molecular formula is C6H15NOS. The van der Waals surface area contributed by atoms with Crippen molar-refractivity contribution >= 4 is 11.8 Å². The standard InChI is InChI=1S/C6H15NOS/c1-2-3-9-5-6(7)4-8/h6,8H,2-5,7H2,1H3/t6-/m1/s1. The molecule has 0 aromatic heterocycles. The Kier molecular flexibility index (Phi) is 6.58. The molecule has 0 radical (unpaired) electrons. The van der Waals surface area contributed by atoms with Crippen molar-refractivity contribution in [3.8, 4) is 0 Å². The van der Waals surface area contributed by atoms with Gasteiger partial charge in [0.1, 0.15) is 0 Å². The predicted octanol–water partition coefficient (Wildman–Crippen LogP) is 0.449. The summed E-state index contributed by atoms with van der Waals surface area (Å²) in [6.07, 6.45) is 1.18. The number of hydrogen-bond donors (Lipinski definition) is 2. The maximum atomic E-state index is 8.50. The highest BCUT2D eigenvalue weighted by molar-refractivity contribution is 7.99. The highest BCUT2D eigenvalue weighted by atomic mass is 32.2. The van der Waals surface area contributed by atoms with Gasteiger partial charge in [-0.1, -0.05) is 6.92 Å². The summed E-state index contributed by atoms with van der Waals surface area (Å²) >= 11 is 1.80. The van der Waals surface area contributed by atoms with E-state index in [4.69, 9.17) is 10.8 Å². The molecule has 0 aromatic carbocycles. The van der Waals surface area contributed by atoms with Crippen LogP contribution in [0.2, 0.25) is 0 Å². The van der Waals surface area contributed by atoms with Gasteiger partial charge in [-0.05, 0) is 12.2 Å². The number of rotatable bonds is 5. The summed E-state index contributed by atoms with van der Waals surface area (Å²) in [5, 5.41) is 8.50. The van der Waals surface area contributed by atoms with E-state index in [9.17, 15) is 0 Å². The zero-order valence-electron chi connectivity index (χ0n) is 5.84. The van der Waals surface area contributed by atoms with Crippen molar-refractivity contribution in [2.24, 2.45) is 5.73 Å². The first-order valence-corrected chi connectivity index (χ1v) is 4.41. The Morgan fingerprint density at radius 3 is 2.78 bits per heavy atom. The Morgan fingerprint density at radius 1 is 1.67 bits per heavy atom. The largest absolute Gasteiger partial charge is 0.395 e. The van der Waals surface area contributed by atoms with E-state index in [1.807, 2.05) is 0 Å². The summed E-state index contributed by atoms with van der Waals surface area (Å²) in [7, 11) is 0. The average Bonchev–Trinajstić information content (AvgIpc) is 1.89. The molecule has 3 heteroatoms. The highest BCUT2D eigenvalue weighted by Crippen LogP contribution is 2.02. The van der Waals surface area contributed by atoms with Gasteiger partial charge in [0, 0.05) is 11.8 Å². The van der Waals surface area contributed by atoms with Crippen LogP contribution in [0.4, 0.5) is 0 Å². The van der Waals surface area contributed by atoms with E-state index in [1.54, 1.807) is 11.8 Å². The SMILES string of the molecule is CCCSC[C@H](N)CO. The molecule has 2 nitrogen and oxygen atoms in total. The zero-order chi connectivity index (χ0) is 7.11. The van der Waals surface area contributed by atoms with Gasteiger partial charge in [-0.15, -0.1) is 0 Å². The van der Waals surface area contributed by atoms with Gasteiger partial charge in [-0.25, -0.2) is 0 Å². The van der Waals surface area contributed by atoms with E-state index in [1.165, 1.54) is 6.42 Å². The number of aliphatic hydroxyl groups is 1. The molecule has 0 unspecified atom stereocenters. The predicted molar refractivity (Wildman–Crippen MR) is 42.7 cm³/mol. The Labute approximate surface area is 60.8 Å². The second kappa shape index (κ2) is 6.39. The molecular weight excluding hydrogens is 134 g/mol. The molecule has 0 amide bonds. The summed E-state index contributed by atoms with van der Waals surface area (Å²) < 4.78 is 0. The molecule has 9 heavy (non-hydrogen) atoms. The summed E-state index contributed by atoms with van der Waals surface area (Å²) in [6, 6.07) is -0.0263. The van der Waals surface area contributed by atoms with E-state index in [0.717, 1.165) is 11.5 Å². The number of nitrogens with two attached hydrogens (primary N) is 1. The first-order chi connectivity index (χ1) is 4.31. The minimum Gasteiger partial charge on any atom is -0.395 e. The molecule has 0 aliphatic heterocycles. The third-order valence-corrected chi connectivity index (χ3v) is 2.28. The quantitative estimate of drug-likeness (QED) is 0.558. The molecule has 0 rings (SSSR count). The van der Waals surface area contributed by atoms with Gasteiger partial charge in [0.15, 0.2) is 0 Å². The summed E-state index contributed by atoms with van der Waals surface area (Å²) in [6.45, 7) is 2.24. The number of thioether (sulfide) groups is 1. The second-order valence-corrected chi connectivity index (χ2v) is 3.17. The number of aliphatic hydroxyl groups excluding tert-OH is 1. The van der Waals surface area contributed by atoms with Gasteiger partial charge in [0.25, 0.3) is 0 Å². The molecule has 0 saturated heterocycles. The van der Waals surface area contributed by atoms with E-state index in [2.05, 4.69) is 6.92 Å². The summed E-state index contributed by atoms with van der Waals surface area (Å²) in [4.78, 5) is 0. The Balaban J connectivity index is 2.88. The number of hydrogen-bond acceptors (Lipinski definition) is 3. The van der Waals surface area contributed by atoms with Crippen molar-refractivity contribution in [3.05, 3.63) is 0 Å². The molecule has 0 spiro atoms. The first-order valence-electron chi connectivity index (χ1n) is 3.25. The van der Waals surface area contributed by atoms with Crippen molar-refractivity contribution in [2.45, 2.75) is 19.4 Å². The van der Waals surface area contributed by atoms with Gasteiger partial charge in [-0.3, -0.25) is 0 Å². The highest BCUT2D eigenvalue weighted by Gasteiger charge is 1.97. The lowest BCUT2D eigenvalue weighted by Gasteiger charge is -2.05. The topological polar surface area (TPSA) is 46.2 Å². The molecule has 1 atom stereocenters. The van der Waals surface area contributed by atoms with E-state index in [-0.39, 0.29) is 12.6 Å². The van der Waals surface area contributed by atoms with Gasteiger partial charge in [0.2, 0.25) is 0 Å². The Bertz CT molecular complexity index is 61.0. The first kappa shape index (κ1) is 9.27. The smallest absolute Gasteiger partial charge is 0.0590 e. The fourth-order valence-electron chi connectivity index (χ4n) is 0.432. The molecule has 0 heterocycles. The maximum Gasteiger partial charge on any atom is 0.0590 e. The monoisotopic (exact) mass is 149 g/mol. The molecule has 0 bridgehead atoms. The van der Waals surface area contributed by atoms with Crippen LogP contribution in [0.3, 0.4) is 0 Å². The van der Waals surface area contributed by atoms with Crippen LogP contribution in [-0.4, -0.2) is 29.3 Å². The normalized spacial score (nSPS) is 13.7. The van der Waals surface area contributed by atoms with E-state index < -0.39 is 0 Å². The van der Waals surface area contributed by atoms with Gasteiger partial charge >= 0.3 is 0 Å². The molecule has 0 aliphatic carbocycles. The lowest BCUT2D eigenvalue weighted by Crippen LogP contribution is -2.26. The van der Waals surface area contributed by atoms with Crippen molar-refractivity contribution in [2.75, 3.05) is 18.1 Å². The van der Waals surface area contributed by atoms with Crippen LogP contribution in [0, 0.1) is 0 Å². The van der Waals surface area contributed by atoms with Crippen molar-refractivity contribution in [3.63, 3.8) is 0 Å². The van der Waals surface area contributed by atoms with Crippen LogP contribution >= 0.6 is 11.8 Å². The third-order valence-electron chi connectivity index (χ3n) is 0.915. The molecule has 0 saturated carbocycles. The minimum absolute atomic E-state index is 0.0263. The molecule has 0 aliphatic rings. The van der Waals surface area contributed by atoms with E-state index >= 15 is 0 Å². The summed E-state index contributed by atoms with van der Waals surface area (Å²) in [5.74, 6) is 2.03. The van der Waals surface area contributed by atoms with Crippen LogP contribution in [0.1, 0.15) is 13.3 Å². The van der Waals surface area contributed by atoms with Crippen molar-refractivity contribution in [1.82, 2.24) is 0 Å². The second-order valence-electron chi connectivity index (χ2n) is 2.02. The van der Waals surface area contributed by atoms with Gasteiger partial charge < -0.3 is 10.8 Å². The Morgan fingerprint density at radius 2 is 2.33 bits per heavy atom. The van der Waals surface area contributed by atoms with Crippen molar-refractivity contribution < 1.29 is 5.11 Å². The average molecular weight is 149 g/mol.